The number of halogens is 1. The summed E-state index contributed by atoms with van der Waals surface area (Å²) in [4.78, 5) is 46.7. The average Bonchev–Trinajstić information content (AvgIpc) is 3.61. The molecule has 5 rings (SSSR count). The number of fused-ring (bicyclic) bond motifs is 2. The normalized spacial score (nSPS) is 18.2. The van der Waals surface area contributed by atoms with E-state index in [9.17, 15) is 18.8 Å². The largest absolute Gasteiger partial charge is 0.493 e. The van der Waals surface area contributed by atoms with Gasteiger partial charge >= 0.3 is 0 Å². The second-order valence-electron chi connectivity index (χ2n) is 11.0. The van der Waals surface area contributed by atoms with Crippen molar-refractivity contribution in [3.05, 3.63) is 77.1 Å². The number of ether oxygens (including phenoxy) is 1. The van der Waals surface area contributed by atoms with E-state index in [1.807, 2.05) is 32.0 Å². The highest BCUT2D eigenvalue weighted by molar-refractivity contribution is 5.93. The van der Waals surface area contributed by atoms with Crippen molar-refractivity contribution in [1.82, 2.24) is 35.7 Å². The number of benzene rings is 2. The van der Waals surface area contributed by atoms with E-state index >= 15 is 0 Å². The van der Waals surface area contributed by atoms with Crippen molar-refractivity contribution in [3.63, 3.8) is 0 Å². The van der Waals surface area contributed by atoms with Crippen LogP contribution in [-0.2, 0) is 16.6 Å². The SMILES string of the molecule is CCNC(=O)[C@@H](C)NC(=O)C(C)c1ccc2nc([C@@H](NC(=O)c3ccnn3C)[C@H]3c4cc(F)ccc4OCC3C)[nH]c2c1. The highest BCUT2D eigenvalue weighted by Gasteiger charge is 2.38. The van der Waals surface area contributed by atoms with Crippen LogP contribution in [-0.4, -0.2) is 56.7 Å². The number of hydrogen-bond donors (Lipinski definition) is 4. The first-order chi connectivity index (χ1) is 20.6. The number of nitrogens with one attached hydrogen (secondary N) is 4. The molecule has 11 nitrogen and oxygen atoms in total. The number of aromatic amines is 1. The first-order valence-corrected chi connectivity index (χ1v) is 14.4. The van der Waals surface area contributed by atoms with Gasteiger partial charge in [0.2, 0.25) is 11.8 Å². The summed E-state index contributed by atoms with van der Waals surface area (Å²) in [6.07, 6.45) is 1.54. The van der Waals surface area contributed by atoms with Crippen LogP contribution in [0.5, 0.6) is 5.75 Å². The lowest BCUT2D eigenvalue weighted by Crippen LogP contribution is -2.45. The van der Waals surface area contributed by atoms with Gasteiger partial charge in [0, 0.05) is 31.3 Å². The van der Waals surface area contributed by atoms with Gasteiger partial charge in [-0.3, -0.25) is 19.1 Å². The number of imidazole rings is 1. The predicted molar refractivity (Wildman–Crippen MR) is 158 cm³/mol. The van der Waals surface area contributed by atoms with E-state index in [0.29, 0.717) is 47.0 Å². The Morgan fingerprint density at radius 3 is 2.63 bits per heavy atom. The highest BCUT2D eigenvalue weighted by Crippen LogP contribution is 2.44. The molecule has 2 aromatic heterocycles. The third-order valence-corrected chi connectivity index (χ3v) is 7.96. The van der Waals surface area contributed by atoms with Crippen molar-refractivity contribution in [2.45, 2.75) is 51.6 Å². The summed E-state index contributed by atoms with van der Waals surface area (Å²) in [5, 5.41) is 12.7. The van der Waals surface area contributed by atoms with Crippen LogP contribution in [0.25, 0.3) is 11.0 Å². The van der Waals surface area contributed by atoms with Crippen LogP contribution >= 0.6 is 0 Å². The molecule has 12 heteroatoms. The van der Waals surface area contributed by atoms with Crippen LogP contribution in [0.4, 0.5) is 4.39 Å². The van der Waals surface area contributed by atoms with Gasteiger partial charge in [-0.05, 0) is 68.7 Å². The Hall–Kier alpha value is -4.74. The molecule has 0 aliphatic carbocycles. The molecule has 1 aliphatic heterocycles. The van der Waals surface area contributed by atoms with Crippen molar-refractivity contribution < 1.29 is 23.5 Å². The first kappa shape index (κ1) is 29.7. The van der Waals surface area contributed by atoms with Gasteiger partial charge in [0.1, 0.15) is 29.1 Å². The molecule has 3 amide bonds. The van der Waals surface area contributed by atoms with E-state index in [2.05, 4.69) is 26.0 Å². The number of H-pyrrole nitrogens is 1. The molecule has 226 valence electrons. The summed E-state index contributed by atoms with van der Waals surface area (Å²) in [5.74, 6) is -1.24. The summed E-state index contributed by atoms with van der Waals surface area (Å²) in [6.45, 7) is 8.07. The molecule has 2 aromatic carbocycles. The number of likely N-dealkylation sites (N-methyl/N-ethyl adjacent to an activating group) is 1. The van der Waals surface area contributed by atoms with Crippen molar-refractivity contribution >= 4 is 28.8 Å². The summed E-state index contributed by atoms with van der Waals surface area (Å²) in [6, 6.07) is 10.2. The van der Waals surface area contributed by atoms with Gasteiger partial charge in [0.15, 0.2) is 0 Å². The van der Waals surface area contributed by atoms with Crippen molar-refractivity contribution in [3.8, 4) is 5.75 Å². The fourth-order valence-electron chi connectivity index (χ4n) is 5.54. The summed E-state index contributed by atoms with van der Waals surface area (Å²) >= 11 is 0. The quantitative estimate of drug-likeness (QED) is 0.236. The van der Waals surface area contributed by atoms with Gasteiger partial charge in [-0.1, -0.05) is 13.0 Å². The molecule has 0 radical (unpaired) electrons. The number of carbonyl (C=O) groups excluding carboxylic acids is 3. The smallest absolute Gasteiger partial charge is 0.270 e. The number of aromatic nitrogens is 4. The second-order valence-corrected chi connectivity index (χ2v) is 11.0. The van der Waals surface area contributed by atoms with E-state index in [-0.39, 0.29) is 29.6 Å². The molecule has 0 spiro atoms. The van der Waals surface area contributed by atoms with Crippen LogP contribution in [0.1, 0.15) is 73.0 Å². The molecule has 0 saturated heterocycles. The molecule has 5 atom stereocenters. The third-order valence-electron chi connectivity index (χ3n) is 7.96. The van der Waals surface area contributed by atoms with Crippen LogP contribution in [0.2, 0.25) is 0 Å². The topological polar surface area (TPSA) is 143 Å². The van der Waals surface area contributed by atoms with Gasteiger partial charge in [-0.15, -0.1) is 0 Å². The molecule has 0 fully saturated rings. The van der Waals surface area contributed by atoms with E-state index in [1.165, 1.54) is 16.8 Å². The minimum atomic E-state index is -0.671. The summed E-state index contributed by atoms with van der Waals surface area (Å²) < 4.78 is 21.9. The number of hydrogen-bond acceptors (Lipinski definition) is 6. The van der Waals surface area contributed by atoms with E-state index in [1.54, 1.807) is 39.2 Å². The minimum absolute atomic E-state index is 0.0921. The van der Waals surface area contributed by atoms with Crippen molar-refractivity contribution in [2.75, 3.05) is 13.2 Å². The van der Waals surface area contributed by atoms with Crippen molar-refractivity contribution in [1.29, 1.82) is 0 Å². The zero-order valence-corrected chi connectivity index (χ0v) is 24.8. The Bertz CT molecular complexity index is 1660. The Labute approximate surface area is 248 Å². The van der Waals surface area contributed by atoms with Crippen molar-refractivity contribution in [2.24, 2.45) is 13.0 Å². The Morgan fingerprint density at radius 2 is 1.91 bits per heavy atom. The maximum atomic E-state index is 14.5. The predicted octanol–water partition coefficient (Wildman–Crippen LogP) is 3.46. The lowest BCUT2D eigenvalue weighted by Gasteiger charge is -2.36. The van der Waals surface area contributed by atoms with E-state index < -0.39 is 23.8 Å². The molecule has 4 aromatic rings. The molecule has 0 saturated carbocycles. The molecule has 1 aliphatic rings. The van der Waals surface area contributed by atoms with Gasteiger partial charge < -0.3 is 25.7 Å². The van der Waals surface area contributed by atoms with Crippen LogP contribution in [0.15, 0.2) is 48.7 Å². The summed E-state index contributed by atoms with van der Waals surface area (Å²) in [5.41, 5.74) is 3.04. The zero-order valence-electron chi connectivity index (χ0n) is 24.8. The van der Waals surface area contributed by atoms with E-state index in [0.717, 1.165) is 5.56 Å². The monoisotopic (exact) mass is 589 g/mol. The fourth-order valence-corrected chi connectivity index (χ4v) is 5.54. The maximum absolute atomic E-state index is 14.5. The molecule has 3 heterocycles. The number of aryl methyl sites for hydroxylation is 1. The van der Waals surface area contributed by atoms with Crippen LogP contribution in [0, 0.1) is 11.7 Å². The fraction of sp³-hybridized carbons (Fsp3) is 0.387. The lowest BCUT2D eigenvalue weighted by molar-refractivity contribution is -0.129. The number of carbonyl (C=O) groups is 3. The van der Waals surface area contributed by atoms with Gasteiger partial charge in [0.25, 0.3) is 5.91 Å². The van der Waals surface area contributed by atoms with Gasteiger partial charge in [0.05, 0.1) is 29.6 Å². The number of nitrogens with zero attached hydrogens (tertiary/aromatic N) is 3. The van der Waals surface area contributed by atoms with Crippen LogP contribution in [0.3, 0.4) is 0 Å². The number of amides is 3. The molecule has 4 N–H and O–H groups in total. The Balaban J connectivity index is 1.49. The Morgan fingerprint density at radius 1 is 1.12 bits per heavy atom. The molecular weight excluding hydrogens is 553 g/mol. The Kier molecular flexibility index (Phi) is 8.47. The standard InChI is InChI=1S/C31H36FN7O4/c1-6-33-30(41)18(4)35-29(40)17(3)19-7-9-22-23(13-19)37-28(36-22)27(38-31(42)24-11-12-34-39(24)5)26-16(2)15-43-25-10-8-20(32)14-21(25)26/h7-14,16-18,26-27H,6,15H2,1-5H3,(H,33,41)(H,35,40)(H,36,37)(H,38,42)/t16?,17?,18-,26-,27+/m1/s1. The number of rotatable bonds is 9. The minimum Gasteiger partial charge on any atom is -0.493 e. The summed E-state index contributed by atoms with van der Waals surface area (Å²) in [7, 11) is 1.68. The van der Waals surface area contributed by atoms with Gasteiger partial charge in [-0.25, -0.2) is 9.37 Å². The van der Waals surface area contributed by atoms with E-state index in [4.69, 9.17) is 9.72 Å². The lowest BCUT2D eigenvalue weighted by atomic mass is 9.79. The molecule has 43 heavy (non-hydrogen) atoms. The molecule has 2 unspecified atom stereocenters. The first-order valence-electron chi connectivity index (χ1n) is 14.4. The highest BCUT2D eigenvalue weighted by atomic mass is 19.1. The second kappa shape index (κ2) is 12.2. The molecule has 0 bridgehead atoms. The molecular formula is C31H36FN7O4. The maximum Gasteiger partial charge on any atom is 0.270 e. The van der Waals surface area contributed by atoms with Gasteiger partial charge in [-0.2, -0.15) is 5.10 Å². The van der Waals surface area contributed by atoms with Crippen LogP contribution < -0.4 is 20.7 Å². The third kappa shape index (κ3) is 6.08. The average molecular weight is 590 g/mol. The zero-order chi connectivity index (χ0) is 30.8.